The maximum atomic E-state index is 12.4. The molecule has 0 aromatic heterocycles. The number of aryl methyl sites for hydroxylation is 8. The van der Waals surface area contributed by atoms with Crippen LogP contribution in [0.3, 0.4) is 0 Å². The van der Waals surface area contributed by atoms with E-state index in [1.165, 1.54) is 55.6 Å². The maximum Gasteiger partial charge on any atom is 0.110 e. The largest absolute Gasteiger partial charge is 0.385 e. The van der Waals surface area contributed by atoms with Gasteiger partial charge in [0.15, 0.2) is 0 Å². The Bertz CT molecular complexity index is 1450. The predicted octanol–water partition coefficient (Wildman–Crippen LogP) is 8.82. The summed E-state index contributed by atoms with van der Waals surface area (Å²) < 4.78 is 0. The number of rotatable bonds is 3. The van der Waals surface area contributed by atoms with E-state index >= 15 is 0 Å². The van der Waals surface area contributed by atoms with E-state index in [1.807, 2.05) is 0 Å². The molecule has 2 heteroatoms. The first-order valence-electron chi connectivity index (χ1n) is 16.7. The second kappa shape index (κ2) is 12.0. The van der Waals surface area contributed by atoms with Crippen LogP contribution in [0, 0.1) is 0 Å². The van der Waals surface area contributed by atoms with Crippen molar-refractivity contribution in [3.8, 4) is 0 Å². The number of fused-ring (bicyclic) bond motifs is 8. The van der Waals surface area contributed by atoms with Crippen LogP contribution in [0.25, 0.3) is 0 Å². The molecule has 0 aliphatic heterocycles. The van der Waals surface area contributed by atoms with Gasteiger partial charge in [0.1, 0.15) is 12.2 Å². The average Bonchev–Trinajstić information content (AvgIpc) is 2.98. The lowest BCUT2D eigenvalue weighted by atomic mass is 9.76. The molecule has 2 N–H and O–H groups in total. The van der Waals surface area contributed by atoms with E-state index in [-0.39, 0.29) is 10.8 Å². The molecule has 4 aromatic carbocycles. The average molecular weight is 587 g/mol. The van der Waals surface area contributed by atoms with E-state index in [0.717, 1.165) is 62.5 Å². The summed E-state index contributed by atoms with van der Waals surface area (Å²) in [5.41, 5.74) is 14.6. The highest BCUT2D eigenvalue weighted by atomic mass is 16.3. The minimum absolute atomic E-state index is 0.00318. The zero-order valence-corrected chi connectivity index (χ0v) is 27.6. The minimum Gasteiger partial charge on any atom is -0.385 e. The van der Waals surface area contributed by atoms with Crippen molar-refractivity contribution in [1.29, 1.82) is 0 Å². The van der Waals surface area contributed by atoms with Crippen molar-refractivity contribution in [2.75, 3.05) is 0 Å². The third-order valence-electron chi connectivity index (χ3n) is 10.0. The van der Waals surface area contributed by atoms with E-state index in [4.69, 9.17) is 0 Å². The Balaban J connectivity index is 1.47. The SMILES string of the molecule is CC(C)(C)c1cc2c([C@@H](O)[C@H](O)c3c4cc(C(C)(C)C)cc3CCc3cccc(c3)CC4)c(c1)CCc1cccc(c1)CC2. The van der Waals surface area contributed by atoms with Crippen LogP contribution in [-0.4, -0.2) is 10.2 Å². The molecule has 0 saturated carbocycles. The Kier molecular flexibility index (Phi) is 8.37. The van der Waals surface area contributed by atoms with Crippen molar-refractivity contribution < 1.29 is 10.2 Å². The predicted molar refractivity (Wildman–Crippen MR) is 183 cm³/mol. The third-order valence-corrected chi connectivity index (χ3v) is 10.0. The van der Waals surface area contributed by atoms with E-state index < -0.39 is 12.2 Å². The Hall–Kier alpha value is -3.20. The Labute approximate surface area is 265 Å². The van der Waals surface area contributed by atoms with Crippen molar-refractivity contribution in [1.82, 2.24) is 0 Å². The summed E-state index contributed by atoms with van der Waals surface area (Å²) in [6, 6.07) is 27.2. The fourth-order valence-corrected chi connectivity index (χ4v) is 7.32. The molecule has 0 spiro atoms. The molecule has 0 fully saturated rings. The van der Waals surface area contributed by atoms with E-state index in [2.05, 4.69) is 114 Å². The first-order chi connectivity index (χ1) is 20.9. The van der Waals surface area contributed by atoms with Crippen molar-refractivity contribution in [2.24, 2.45) is 0 Å². The Morgan fingerprint density at radius 2 is 0.705 bits per heavy atom. The first-order valence-corrected chi connectivity index (χ1v) is 16.7. The van der Waals surface area contributed by atoms with Gasteiger partial charge in [-0.1, -0.05) is 114 Å². The van der Waals surface area contributed by atoms with Crippen LogP contribution in [0.4, 0.5) is 0 Å². The summed E-state index contributed by atoms with van der Waals surface area (Å²) in [4.78, 5) is 0. The van der Waals surface area contributed by atoms with Gasteiger partial charge < -0.3 is 10.2 Å². The second-order valence-electron chi connectivity index (χ2n) is 15.4. The smallest absolute Gasteiger partial charge is 0.110 e. The van der Waals surface area contributed by atoms with E-state index in [0.29, 0.717) is 0 Å². The van der Waals surface area contributed by atoms with E-state index in [1.54, 1.807) is 0 Å². The molecule has 0 amide bonds. The molecule has 0 unspecified atom stereocenters. The number of aliphatic hydroxyl groups is 2. The normalized spacial score (nSPS) is 16.6. The highest BCUT2D eigenvalue weighted by Gasteiger charge is 2.32. The molecule has 2 aliphatic carbocycles. The number of aliphatic hydroxyl groups excluding tert-OH is 2. The molecular weight excluding hydrogens is 536 g/mol. The summed E-state index contributed by atoms with van der Waals surface area (Å²) in [5, 5.41) is 24.7. The van der Waals surface area contributed by atoms with Gasteiger partial charge in [-0.05, 0) is 129 Å². The third kappa shape index (κ3) is 6.44. The zero-order chi connectivity index (χ0) is 31.2. The topological polar surface area (TPSA) is 40.5 Å². The quantitative estimate of drug-likeness (QED) is 0.252. The molecule has 230 valence electrons. The van der Waals surface area contributed by atoms with Crippen LogP contribution in [0.2, 0.25) is 0 Å². The fraction of sp³-hybridized carbons (Fsp3) is 0.429. The molecule has 2 nitrogen and oxygen atoms in total. The van der Waals surface area contributed by atoms with Gasteiger partial charge in [-0.2, -0.15) is 0 Å². The Morgan fingerprint density at radius 1 is 0.432 bits per heavy atom. The van der Waals surface area contributed by atoms with Gasteiger partial charge in [0, 0.05) is 0 Å². The van der Waals surface area contributed by atoms with E-state index in [9.17, 15) is 10.2 Å². The van der Waals surface area contributed by atoms with Crippen molar-refractivity contribution in [3.05, 3.63) is 140 Å². The van der Waals surface area contributed by atoms with Gasteiger partial charge in [0.25, 0.3) is 0 Å². The standard InChI is InChI=1S/C42H50O2/c1-41(2,3)35-23-31-17-13-27-9-7-10-28(21-27)14-18-32(24-35)37(31)39(43)40(44)38-33-19-15-29-11-8-12-30(22-29)16-20-34(38)26-36(25-33)42(4,5)6/h7-12,21-26,39-40,43-44H,13-20H2,1-6H3/t39-,40-/m1/s1. The molecule has 44 heavy (non-hydrogen) atoms. The lowest BCUT2D eigenvalue weighted by molar-refractivity contribution is 0.0150. The minimum atomic E-state index is -0.995. The Morgan fingerprint density at radius 3 is 0.955 bits per heavy atom. The van der Waals surface area contributed by atoms with Crippen LogP contribution < -0.4 is 0 Å². The van der Waals surface area contributed by atoms with Crippen molar-refractivity contribution >= 4 is 0 Å². The molecule has 0 saturated heterocycles. The van der Waals surface area contributed by atoms with Gasteiger partial charge in [-0.25, -0.2) is 0 Å². The zero-order valence-electron chi connectivity index (χ0n) is 27.6. The molecule has 8 bridgehead atoms. The summed E-state index contributed by atoms with van der Waals surface area (Å²) in [5.74, 6) is 0. The van der Waals surface area contributed by atoms with Crippen LogP contribution in [0.5, 0.6) is 0 Å². The number of hydrogen-bond acceptors (Lipinski definition) is 2. The number of hydrogen-bond donors (Lipinski definition) is 2. The number of benzene rings is 4. The summed E-state index contributed by atoms with van der Waals surface area (Å²) in [7, 11) is 0. The van der Waals surface area contributed by atoms with Crippen LogP contribution >= 0.6 is 0 Å². The van der Waals surface area contributed by atoms with Gasteiger partial charge in [0.2, 0.25) is 0 Å². The molecule has 2 atom stereocenters. The first kappa shape index (κ1) is 30.8. The van der Waals surface area contributed by atoms with Crippen LogP contribution in [0.15, 0.2) is 72.8 Å². The lowest BCUT2D eigenvalue weighted by Crippen LogP contribution is -2.22. The molecule has 6 rings (SSSR count). The second-order valence-corrected chi connectivity index (χ2v) is 15.4. The monoisotopic (exact) mass is 586 g/mol. The highest BCUT2D eigenvalue weighted by molar-refractivity contribution is 5.49. The van der Waals surface area contributed by atoms with Crippen LogP contribution in [0.1, 0.15) is 121 Å². The summed E-state index contributed by atoms with van der Waals surface area (Å²) in [6.07, 6.45) is 5.07. The van der Waals surface area contributed by atoms with Crippen molar-refractivity contribution in [2.45, 2.75) is 116 Å². The molecule has 0 heterocycles. The maximum absolute atomic E-state index is 12.4. The van der Waals surface area contributed by atoms with Gasteiger partial charge in [-0.15, -0.1) is 0 Å². The van der Waals surface area contributed by atoms with Crippen molar-refractivity contribution in [3.63, 3.8) is 0 Å². The van der Waals surface area contributed by atoms with Gasteiger partial charge in [-0.3, -0.25) is 0 Å². The molecule has 4 aromatic rings. The van der Waals surface area contributed by atoms with Gasteiger partial charge in [0.05, 0.1) is 0 Å². The summed E-state index contributed by atoms with van der Waals surface area (Å²) >= 11 is 0. The lowest BCUT2D eigenvalue weighted by Gasteiger charge is -2.32. The molecule has 0 radical (unpaired) electrons. The summed E-state index contributed by atoms with van der Waals surface area (Å²) in [6.45, 7) is 13.6. The highest BCUT2D eigenvalue weighted by Crippen LogP contribution is 2.41. The molecule has 2 aliphatic rings. The fourth-order valence-electron chi connectivity index (χ4n) is 7.32. The molecular formula is C42H50O2. The van der Waals surface area contributed by atoms with Gasteiger partial charge >= 0.3 is 0 Å². The van der Waals surface area contributed by atoms with Crippen LogP contribution in [-0.2, 0) is 62.2 Å².